The molecule has 2 amide bonds. The number of phosphoric acid groups is 3. The molecule has 0 spiro atoms. The van der Waals surface area contributed by atoms with Crippen LogP contribution in [-0.2, 0) is 82.9 Å². The number of carboxylic acid groups (broad SMARTS) is 1. The minimum absolute atomic E-state index is 0.0350. The van der Waals surface area contributed by atoms with E-state index in [0.717, 1.165) is 28.7 Å². The fraction of sp³-hybridized carbons (Fsp3) is 0.356. The molecule has 6 atom stereocenters. The number of amides is 2. The van der Waals surface area contributed by atoms with E-state index in [-0.39, 0.29) is 35.8 Å². The van der Waals surface area contributed by atoms with Gasteiger partial charge in [-0.05, 0) is 77.7 Å². The second-order valence-corrected chi connectivity index (χ2v) is 27.8. The van der Waals surface area contributed by atoms with Gasteiger partial charge in [-0.2, -0.15) is 13.6 Å². The van der Waals surface area contributed by atoms with Crippen molar-refractivity contribution in [3.05, 3.63) is 99.9 Å². The molecule has 2 aliphatic heterocycles. The minimum atomic E-state index is -5.86. The molecule has 0 bridgehead atoms. The monoisotopic (exact) mass is 1380 g/mol. The Bertz CT molecular complexity index is 3790. The molecule has 3 aliphatic rings. The molecule has 1 aliphatic carbocycles. The smallest absolute Gasteiger partial charge is 0.478 e. The summed E-state index contributed by atoms with van der Waals surface area (Å²) < 4.78 is 123. The number of hydrogen-bond acceptors (Lipinski definition) is 26. The van der Waals surface area contributed by atoms with Crippen LogP contribution in [-0.4, -0.2) is 134 Å². The number of fused-ring (bicyclic) bond motifs is 2. The molecule has 6 rings (SSSR count). The number of urea groups is 1. The van der Waals surface area contributed by atoms with Gasteiger partial charge in [0.15, 0.2) is 11.6 Å². The highest BCUT2D eigenvalue weighted by Gasteiger charge is 2.47. The van der Waals surface area contributed by atoms with E-state index in [0.29, 0.717) is 88.0 Å². The third-order valence-corrected chi connectivity index (χ3v) is 18.8. The summed E-state index contributed by atoms with van der Waals surface area (Å²) in [6.45, 7) is 7.38. The molecule has 2 aromatic carbocycles. The maximum atomic E-state index is 12.9. The maximum Gasteiger partial charge on any atom is 0.490 e. The molecular formula is C45H56N8O24P3S6+. The summed E-state index contributed by atoms with van der Waals surface area (Å²) in [5.41, 5.74) is 15.4. The zero-order valence-electron chi connectivity index (χ0n) is 44.6. The summed E-state index contributed by atoms with van der Waals surface area (Å²) in [5, 5.41) is 26.1. The van der Waals surface area contributed by atoms with Crippen LogP contribution in [0.3, 0.4) is 0 Å². The Morgan fingerprint density at radius 1 is 0.919 bits per heavy atom. The summed E-state index contributed by atoms with van der Waals surface area (Å²) in [4.78, 5) is 78.9. The number of nitrogens with zero attached hydrogens (tertiary/aromatic N) is 2. The van der Waals surface area contributed by atoms with Gasteiger partial charge in [0.2, 0.25) is 0 Å². The number of nitrogens with two attached hydrogens (primary N) is 3. The number of hydrogen-bond donors (Lipinski definition) is 11. The Kier molecular flexibility index (Phi) is 29.3. The molecule has 86 heavy (non-hydrogen) atoms. The van der Waals surface area contributed by atoms with Crippen LogP contribution in [0.1, 0.15) is 60.3 Å². The molecule has 0 saturated carbocycles. The van der Waals surface area contributed by atoms with E-state index < -0.39 is 90.5 Å². The Balaban J connectivity index is 0.00000186. The number of unbranched alkanes of at least 4 members (excludes halogenated alkanes) is 2. The second kappa shape index (κ2) is 34.7. The van der Waals surface area contributed by atoms with Crippen LogP contribution in [0.4, 0.5) is 16.3 Å². The average molecular weight is 1380 g/mol. The van der Waals surface area contributed by atoms with Crippen LogP contribution in [0.25, 0.3) is 39.1 Å². The molecule has 1 aromatic heterocycles. The third-order valence-electron chi connectivity index (χ3n) is 10.9. The Morgan fingerprint density at radius 2 is 1.63 bits per heavy atom. The van der Waals surface area contributed by atoms with Crippen LogP contribution in [0.2, 0.25) is 0 Å². The zero-order chi connectivity index (χ0) is 63.9. The number of aromatic carboxylic acids is 1. The van der Waals surface area contributed by atoms with Crippen molar-refractivity contribution in [1.82, 2.24) is 25.5 Å². The van der Waals surface area contributed by atoms with E-state index in [1.165, 1.54) is 6.20 Å². The Morgan fingerprint density at radius 3 is 2.30 bits per heavy atom. The Labute approximate surface area is 506 Å². The summed E-state index contributed by atoms with van der Waals surface area (Å²) in [7, 11) is -20.9. The first kappa shape index (κ1) is 72.7. The van der Waals surface area contributed by atoms with Crippen molar-refractivity contribution in [2.24, 2.45) is 0 Å². The molecular weight excluding hydrogens is 1320 g/mol. The number of rotatable bonds is 28. The van der Waals surface area contributed by atoms with Gasteiger partial charge in [-0.25, -0.2) is 28.1 Å². The van der Waals surface area contributed by atoms with Crippen LogP contribution in [0, 0.1) is 11.8 Å². The van der Waals surface area contributed by atoms with Crippen LogP contribution in [0.15, 0.2) is 76.6 Å². The predicted octanol–water partition coefficient (Wildman–Crippen LogP) is 1.74. The molecule has 32 nitrogen and oxygen atoms in total. The van der Waals surface area contributed by atoms with Crippen molar-refractivity contribution in [2.75, 3.05) is 61.1 Å². The number of benzene rings is 3. The summed E-state index contributed by atoms with van der Waals surface area (Å²) in [6, 6.07) is 15.1. The number of anilines is 2. The standard InChI is InChI=1S/C45H55N8O18P3S4.2O3S/c1-3-78(75)26-66-38-23-39(68-43(38)69-73(61,62)71-74(63,64)70-72(58,59)60)53-24-29(41(48)52-45(53)57)8-7-16-51-44(56)50-15-5-4-6-18-65-25-77-76-19-17-49-27(2)28-9-12-32(42(54)55)35(20-28)40-33-13-10-30(46)21-36(33)67-37-22-31(47)11-14-34(37)40;2*1-4(2)3/h9-14,20-22,24,38-39,43,46,49H,2-6,15-19,23,25-26,47H2,1H3,(H,54,55)(H,61,62)(H,63,64)(H2,48,52,57)(H2,50,51,56)(H2,58,59,60);;/p+1/t38?,39-,43-,78?;;/m1../s1. The first-order valence-corrected chi connectivity index (χ1v) is 35.7. The van der Waals surface area contributed by atoms with E-state index in [1.54, 1.807) is 64.9 Å². The molecule has 470 valence electrons. The normalized spacial score (nSPS) is 16.3. The van der Waals surface area contributed by atoms with Gasteiger partial charge < -0.3 is 70.7 Å². The lowest BCUT2D eigenvalue weighted by Crippen LogP contribution is -2.44. The van der Waals surface area contributed by atoms with Gasteiger partial charge in [-0.15, -0.1) is 25.3 Å². The fourth-order valence-electron chi connectivity index (χ4n) is 7.39. The first-order chi connectivity index (χ1) is 40.4. The van der Waals surface area contributed by atoms with Gasteiger partial charge in [0.05, 0.1) is 29.7 Å². The van der Waals surface area contributed by atoms with Crippen molar-refractivity contribution in [3.63, 3.8) is 0 Å². The van der Waals surface area contributed by atoms with Crippen LogP contribution < -0.4 is 43.9 Å². The first-order valence-electron chi connectivity index (χ1n) is 24.2. The highest BCUT2D eigenvalue weighted by molar-refractivity contribution is 8.76. The van der Waals surface area contributed by atoms with Gasteiger partial charge in [0, 0.05) is 78.1 Å². The molecule has 14 N–H and O–H groups in total. The third kappa shape index (κ3) is 25.2. The number of nitrogen functional groups attached to an aromatic ring is 2. The van der Waals surface area contributed by atoms with E-state index >= 15 is 0 Å². The van der Waals surface area contributed by atoms with Crippen molar-refractivity contribution in [2.45, 2.75) is 51.2 Å². The van der Waals surface area contributed by atoms with Crippen LogP contribution in [0.5, 0.6) is 0 Å². The SMILES string of the molecule is C=C(NCCSSCOCCCCCNC(=O)NCC#Cc1cn([C@H]2CC(OCS(=S)CC)[C@@H](OP(=O)(O)OP(=O)(O)OP(=O)(O)O)O2)c(=O)nc1N)c1ccc(C(=O)O)c(-c2c3ccc(=[NH2+])cc-3oc3cc(N)ccc23)c1.O=S(=O)=O.O=S(=O)=O. The van der Waals surface area contributed by atoms with E-state index in [1.807, 2.05) is 18.2 Å². The van der Waals surface area contributed by atoms with Gasteiger partial charge in [-0.3, -0.25) is 14.5 Å². The molecule has 1 fully saturated rings. The van der Waals surface area contributed by atoms with Gasteiger partial charge in [0.1, 0.15) is 35.4 Å². The topological polar surface area (TPSA) is 506 Å². The number of phosphoric ester groups is 1. The van der Waals surface area contributed by atoms with Gasteiger partial charge in [-0.1, -0.05) is 62.5 Å². The number of carboxylic acids is 1. The van der Waals surface area contributed by atoms with Crippen molar-refractivity contribution >= 4 is 127 Å². The number of aromatic nitrogens is 2. The lowest BCUT2D eigenvalue weighted by atomic mass is 9.89. The number of nitrogens with one attached hydrogen (secondary N) is 3. The highest BCUT2D eigenvalue weighted by Crippen LogP contribution is 2.67. The molecule has 0 radical (unpaired) electrons. The predicted molar refractivity (Wildman–Crippen MR) is 316 cm³/mol. The molecule has 41 heteroatoms. The second-order valence-electron chi connectivity index (χ2n) is 17.0. The maximum absolute atomic E-state index is 12.9. The minimum Gasteiger partial charge on any atom is -0.478 e. The fourth-order valence-corrected chi connectivity index (χ4v) is 12.7. The van der Waals surface area contributed by atoms with Crippen molar-refractivity contribution in [1.29, 1.82) is 0 Å². The summed E-state index contributed by atoms with van der Waals surface area (Å²) in [5.74, 6) is 6.21. The Hall–Kier alpha value is -5.75. The van der Waals surface area contributed by atoms with E-state index in [2.05, 4.69) is 48.0 Å². The van der Waals surface area contributed by atoms with Gasteiger partial charge in [0.25, 0.3) is 0 Å². The van der Waals surface area contributed by atoms with Crippen LogP contribution >= 0.6 is 45.1 Å². The molecule has 3 heterocycles. The lowest BCUT2D eigenvalue weighted by Gasteiger charge is -2.22. The number of carbonyl (C=O) groups excluding carboxylic acids is 1. The quantitative estimate of drug-likeness (QED) is 0.00646. The molecule has 3 aromatic rings. The zero-order valence-corrected chi connectivity index (χ0v) is 52.2. The summed E-state index contributed by atoms with van der Waals surface area (Å²) >= 11 is 5.27. The van der Waals surface area contributed by atoms with Crippen molar-refractivity contribution < 1.29 is 110 Å². The molecule has 4 unspecified atom stereocenters. The number of ether oxygens (including phenoxy) is 3. The highest BCUT2D eigenvalue weighted by atomic mass is 33.1. The largest absolute Gasteiger partial charge is 0.490 e. The lowest BCUT2D eigenvalue weighted by molar-refractivity contribution is -0.172. The average Bonchev–Trinajstić information content (AvgIpc) is 0.863. The molecule has 1 saturated heterocycles. The number of carbonyl (C=O) groups is 2. The van der Waals surface area contributed by atoms with Crippen molar-refractivity contribution in [3.8, 4) is 34.3 Å². The van der Waals surface area contributed by atoms with E-state index in [4.69, 9.17) is 86.3 Å². The van der Waals surface area contributed by atoms with E-state index in [9.17, 15) is 43.0 Å². The summed E-state index contributed by atoms with van der Waals surface area (Å²) in [6.07, 6.45) is -1.23. The van der Waals surface area contributed by atoms with Gasteiger partial charge >= 0.3 is 62.4 Å².